The van der Waals surface area contributed by atoms with Crippen LogP contribution in [0.2, 0.25) is 0 Å². The van der Waals surface area contributed by atoms with E-state index in [9.17, 15) is 14.4 Å². The molecule has 6 nitrogen and oxygen atoms in total. The summed E-state index contributed by atoms with van der Waals surface area (Å²) in [5.41, 5.74) is -0.659. The van der Waals surface area contributed by atoms with Crippen LogP contribution in [0.3, 0.4) is 0 Å². The highest BCUT2D eigenvalue weighted by Crippen LogP contribution is 2.62. The highest BCUT2D eigenvalue weighted by Gasteiger charge is 2.59. The third-order valence-corrected chi connectivity index (χ3v) is 7.49. The molecule has 0 saturated heterocycles. The minimum absolute atomic E-state index is 0.0550. The summed E-state index contributed by atoms with van der Waals surface area (Å²) in [6.45, 7) is 8.13. The van der Waals surface area contributed by atoms with Crippen LogP contribution in [0.1, 0.15) is 59.8 Å². The highest BCUT2D eigenvalue weighted by molar-refractivity contribution is 5.92. The molecule has 4 fully saturated rings. The Bertz CT molecular complexity index is 722. The molecule has 0 N–H and O–H groups in total. The van der Waals surface area contributed by atoms with E-state index in [4.69, 9.17) is 14.2 Å². The Morgan fingerprint density at radius 3 is 2.63 bits per heavy atom. The standard InChI is InChI=1S/C21H28O6/c1-11-15-7-13(20(15,3)4)8-16(11)26-18-9-14(23)5-6-21(18)10-17(19(24)27-21)25-12(2)22/h10-11,13,15-16,18H,5-9H2,1-4H3/t11-,13+,15-,16-,18+,21-/m0/s1. The van der Waals surface area contributed by atoms with E-state index in [-0.39, 0.29) is 24.1 Å². The van der Waals surface area contributed by atoms with Crippen LogP contribution in [-0.2, 0) is 28.6 Å². The van der Waals surface area contributed by atoms with Gasteiger partial charge in [-0.1, -0.05) is 20.8 Å². The topological polar surface area (TPSA) is 78.9 Å². The highest BCUT2D eigenvalue weighted by atomic mass is 16.6. The first-order valence-electron chi connectivity index (χ1n) is 9.94. The predicted octanol–water partition coefficient (Wildman–Crippen LogP) is 2.94. The molecular formula is C21H28O6. The maximum Gasteiger partial charge on any atom is 0.375 e. The van der Waals surface area contributed by atoms with Crippen LogP contribution in [0.15, 0.2) is 11.8 Å². The number of hydrogen-bond acceptors (Lipinski definition) is 6. The van der Waals surface area contributed by atoms with E-state index in [1.807, 2.05) is 0 Å². The van der Waals surface area contributed by atoms with E-state index in [1.165, 1.54) is 13.3 Å². The van der Waals surface area contributed by atoms with Gasteiger partial charge in [-0.05, 0) is 36.0 Å². The predicted molar refractivity (Wildman–Crippen MR) is 95.4 cm³/mol. The number of fused-ring (bicyclic) bond motifs is 2. The first-order valence-corrected chi connectivity index (χ1v) is 9.94. The second kappa shape index (κ2) is 6.16. The van der Waals surface area contributed by atoms with Crippen LogP contribution in [0.4, 0.5) is 0 Å². The van der Waals surface area contributed by atoms with Crippen LogP contribution >= 0.6 is 0 Å². The van der Waals surface area contributed by atoms with Gasteiger partial charge in [-0.2, -0.15) is 0 Å². The van der Waals surface area contributed by atoms with Crippen molar-refractivity contribution >= 4 is 17.7 Å². The first kappa shape index (κ1) is 18.7. The third kappa shape index (κ3) is 2.93. The Morgan fingerprint density at radius 1 is 1.26 bits per heavy atom. The van der Waals surface area contributed by atoms with Gasteiger partial charge in [0.15, 0.2) is 5.60 Å². The van der Waals surface area contributed by atoms with Crippen molar-refractivity contribution in [3.8, 4) is 0 Å². The summed E-state index contributed by atoms with van der Waals surface area (Å²) < 4.78 is 17.1. The van der Waals surface area contributed by atoms with Gasteiger partial charge in [0.25, 0.3) is 0 Å². The van der Waals surface area contributed by atoms with Crippen molar-refractivity contribution in [3.05, 3.63) is 11.8 Å². The number of esters is 2. The number of rotatable bonds is 3. The van der Waals surface area contributed by atoms with Crippen molar-refractivity contribution in [1.29, 1.82) is 0 Å². The number of carbonyl (C=O) groups is 3. The van der Waals surface area contributed by atoms with E-state index in [2.05, 4.69) is 20.8 Å². The molecule has 1 spiro atoms. The normalized spacial score (nSPS) is 42.4. The molecule has 5 aliphatic rings. The smallest absolute Gasteiger partial charge is 0.375 e. The summed E-state index contributed by atoms with van der Waals surface area (Å²) in [4.78, 5) is 35.6. The Labute approximate surface area is 159 Å². The number of carbonyl (C=O) groups excluding carboxylic acids is 3. The summed E-state index contributed by atoms with van der Waals surface area (Å²) in [5.74, 6) is 0.452. The quantitative estimate of drug-likeness (QED) is 0.705. The lowest BCUT2D eigenvalue weighted by atomic mass is 9.45. The second-order valence-electron chi connectivity index (χ2n) is 9.31. The zero-order chi connectivity index (χ0) is 19.6. The number of ketones is 1. The van der Waals surface area contributed by atoms with Crippen LogP contribution in [0.25, 0.3) is 0 Å². The molecule has 0 aromatic carbocycles. The minimum Gasteiger partial charge on any atom is -0.446 e. The fraction of sp³-hybridized carbons (Fsp3) is 0.762. The molecule has 5 rings (SSSR count). The summed E-state index contributed by atoms with van der Waals surface area (Å²) in [6, 6.07) is 0. The lowest BCUT2D eigenvalue weighted by molar-refractivity contribution is -0.217. The molecule has 1 heterocycles. The Balaban J connectivity index is 1.55. The number of ether oxygens (including phenoxy) is 3. The summed E-state index contributed by atoms with van der Waals surface area (Å²) >= 11 is 0. The molecule has 0 amide bonds. The molecule has 6 heteroatoms. The van der Waals surface area contributed by atoms with Gasteiger partial charge in [-0.15, -0.1) is 0 Å². The van der Waals surface area contributed by atoms with Crippen LogP contribution < -0.4 is 0 Å². The molecule has 0 unspecified atom stereocenters. The molecule has 148 valence electrons. The molecule has 6 atom stereocenters. The zero-order valence-corrected chi connectivity index (χ0v) is 16.4. The largest absolute Gasteiger partial charge is 0.446 e. The zero-order valence-electron chi connectivity index (χ0n) is 16.4. The minimum atomic E-state index is -1.01. The van der Waals surface area contributed by atoms with Gasteiger partial charge in [-0.3, -0.25) is 9.59 Å². The lowest BCUT2D eigenvalue weighted by Crippen LogP contribution is -2.59. The summed E-state index contributed by atoms with van der Waals surface area (Å²) in [5, 5.41) is 0. The monoisotopic (exact) mass is 376 g/mol. The van der Waals surface area contributed by atoms with E-state index >= 15 is 0 Å². The summed E-state index contributed by atoms with van der Waals surface area (Å²) in [6.07, 6.45) is 4.23. The molecule has 1 aliphatic heterocycles. The molecule has 4 saturated carbocycles. The molecule has 0 radical (unpaired) electrons. The maximum atomic E-state index is 12.2. The van der Waals surface area contributed by atoms with Crippen molar-refractivity contribution < 1.29 is 28.6 Å². The van der Waals surface area contributed by atoms with E-state index in [0.717, 1.165) is 6.42 Å². The van der Waals surface area contributed by atoms with Crippen LogP contribution in [0.5, 0.6) is 0 Å². The fourth-order valence-corrected chi connectivity index (χ4v) is 5.67. The van der Waals surface area contributed by atoms with Crippen molar-refractivity contribution in [2.45, 2.75) is 77.6 Å². The van der Waals surface area contributed by atoms with E-state index in [1.54, 1.807) is 6.08 Å². The third-order valence-electron chi connectivity index (χ3n) is 7.49. The van der Waals surface area contributed by atoms with E-state index in [0.29, 0.717) is 36.0 Å². The van der Waals surface area contributed by atoms with Crippen molar-refractivity contribution in [3.63, 3.8) is 0 Å². The number of hydrogen-bond donors (Lipinski definition) is 0. The average Bonchev–Trinajstić information content (AvgIpc) is 2.88. The van der Waals surface area contributed by atoms with Crippen molar-refractivity contribution in [2.24, 2.45) is 23.2 Å². The van der Waals surface area contributed by atoms with Gasteiger partial charge >= 0.3 is 11.9 Å². The second-order valence-corrected chi connectivity index (χ2v) is 9.31. The molecule has 0 aromatic heterocycles. The van der Waals surface area contributed by atoms with Crippen molar-refractivity contribution in [2.75, 3.05) is 0 Å². The van der Waals surface area contributed by atoms with Crippen molar-refractivity contribution in [1.82, 2.24) is 0 Å². The number of Topliss-reactive ketones (excluding diaryl/α,β-unsaturated/α-hetero) is 1. The molecule has 4 aliphatic carbocycles. The molecular weight excluding hydrogens is 348 g/mol. The fourth-order valence-electron chi connectivity index (χ4n) is 5.67. The Hall–Kier alpha value is -1.69. The van der Waals surface area contributed by atoms with Gasteiger partial charge in [0.1, 0.15) is 11.9 Å². The molecule has 0 aromatic rings. The lowest BCUT2D eigenvalue weighted by Gasteiger charge is -2.62. The van der Waals surface area contributed by atoms with Crippen LogP contribution in [0, 0.1) is 23.2 Å². The Kier molecular flexibility index (Phi) is 4.26. The van der Waals surface area contributed by atoms with Crippen LogP contribution in [-0.4, -0.2) is 35.5 Å². The first-order chi connectivity index (χ1) is 12.6. The summed E-state index contributed by atoms with van der Waals surface area (Å²) in [7, 11) is 0. The SMILES string of the molecule is CC(=O)OC1=C[C@]2(CCC(=O)C[C@H]2O[C@H]2C[C@H]3C[C@@H]([C@@H]2C)C3(C)C)OC1=O. The molecule has 2 bridgehead atoms. The molecule has 27 heavy (non-hydrogen) atoms. The van der Waals surface area contributed by atoms with Gasteiger partial charge in [-0.25, -0.2) is 4.79 Å². The van der Waals surface area contributed by atoms with E-state index < -0.39 is 23.6 Å². The average molecular weight is 376 g/mol. The Morgan fingerprint density at radius 2 is 2.00 bits per heavy atom. The van der Waals surface area contributed by atoms with Gasteiger partial charge in [0, 0.05) is 32.3 Å². The maximum absolute atomic E-state index is 12.2. The van der Waals surface area contributed by atoms with Gasteiger partial charge in [0.2, 0.25) is 5.76 Å². The van der Waals surface area contributed by atoms with Gasteiger partial charge < -0.3 is 14.2 Å². The van der Waals surface area contributed by atoms with Gasteiger partial charge in [0.05, 0.1) is 6.10 Å².